The second-order valence-corrected chi connectivity index (χ2v) is 9.12. The molecular weight excluding hydrogens is 421 g/mol. The van der Waals surface area contributed by atoms with E-state index in [-0.39, 0.29) is 18.2 Å². The van der Waals surface area contributed by atoms with Gasteiger partial charge in [0.1, 0.15) is 18.0 Å². The lowest BCUT2D eigenvalue weighted by molar-refractivity contribution is -0.209. The van der Waals surface area contributed by atoms with E-state index >= 15 is 0 Å². The average molecular weight is 448 g/mol. The summed E-state index contributed by atoms with van der Waals surface area (Å²) in [7, 11) is 0. The average Bonchev–Trinajstić information content (AvgIpc) is 2.73. The number of aromatic nitrogens is 2. The zero-order chi connectivity index (χ0) is 23.1. The fourth-order valence-corrected chi connectivity index (χ4v) is 4.60. The van der Waals surface area contributed by atoms with Gasteiger partial charge in [0.15, 0.2) is 11.5 Å². The molecule has 0 amide bonds. The molecule has 1 saturated carbocycles. The Bertz CT molecular complexity index is 997. The number of nitrogens with zero attached hydrogens (tertiary/aromatic N) is 3. The quantitative estimate of drug-likeness (QED) is 0.691. The molecule has 1 unspecified atom stereocenters. The van der Waals surface area contributed by atoms with E-state index < -0.39 is 17.9 Å². The summed E-state index contributed by atoms with van der Waals surface area (Å²) in [6.07, 6.45) is -2.64. The summed E-state index contributed by atoms with van der Waals surface area (Å²) in [6, 6.07) is 8.07. The molecular formula is C23H27F3N4O2. The lowest BCUT2D eigenvalue weighted by Gasteiger charge is -2.32. The number of aliphatic hydroxyl groups is 1. The van der Waals surface area contributed by atoms with Gasteiger partial charge >= 0.3 is 6.18 Å². The first-order valence-corrected chi connectivity index (χ1v) is 10.8. The van der Waals surface area contributed by atoms with Crippen molar-refractivity contribution < 1.29 is 23.0 Å². The van der Waals surface area contributed by atoms with Crippen molar-refractivity contribution in [2.45, 2.75) is 69.8 Å². The van der Waals surface area contributed by atoms with E-state index in [0.717, 1.165) is 29.7 Å². The van der Waals surface area contributed by atoms with Gasteiger partial charge in [-0.25, -0.2) is 9.98 Å². The summed E-state index contributed by atoms with van der Waals surface area (Å²) in [5, 5.41) is 9.33. The van der Waals surface area contributed by atoms with Crippen LogP contribution in [0.1, 0.15) is 63.0 Å². The Hall–Kier alpha value is -2.68. The minimum absolute atomic E-state index is 0.0931. The molecule has 1 aromatic carbocycles. The first kappa shape index (κ1) is 22.5. The highest BCUT2D eigenvalue weighted by Gasteiger charge is 2.40. The minimum Gasteiger partial charge on any atom is -0.463 e. The molecule has 0 saturated heterocycles. The van der Waals surface area contributed by atoms with Gasteiger partial charge in [0, 0.05) is 5.56 Å². The number of rotatable bonds is 4. The van der Waals surface area contributed by atoms with Crippen molar-refractivity contribution in [3.63, 3.8) is 0 Å². The maximum atomic E-state index is 12.6. The van der Waals surface area contributed by atoms with Gasteiger partial charge in [-0.1, -0.05) is 24.3 Å². The second kappa shape index (κ2) is 8.35. The summed E-state index contributed by atoms with van der Waals surface area (Å²) in [5.41, 5.74) is 8.44. The molecule has 3 N–H and O–H groups in total. The fraction of sp³-hybridized carbons (Fsp3) is 0.522. The Morgan fingerprint density at radius 2 is 1.78 bits per heavy atom. The number of fused-ring (bicyclic) bond motifs is 1. The monoisotopic (exact) mass is 448 g/mol. The van der Waals surface area contributed by atoms with Gasteiger partial charge in [0.25, 0.3) is 0 Å². The summed E-state index contributed by atoms with van der Waals surface area (Å²) in [4.78, 5) is 12.8. The zero-order valence-corrected chi connectivity index (χ0v) is 18.1. The molecule has 0 bridgehead atoms. The maximum Gasteiger partial charge on any atom is 0.414 e. The van der Waals surface area contributed by atoms with Crippen LogP contribution in [0.25, 0.3) is 0 Å². The third-order valence-corrected chi connectivity index (χ3v) is 6.40. The summed E-state index contributed by atoms with van der Waals surface area (Å²) < 4.78 is 43.9. The molecule has 1 atom stereocenters. The van der Waals surface area contributed by atoms with Gasteiger partial charge in [-0.2, -0.15) is 18.2 Å². The normalized spacial score (nSPS) is 23.6. The van der Waals surface area contributed by atoms with E-state index in [9.17, 15) is 18.3 Å². The van der Waals surface area contributed by atoms with Gasteiger partial charge in [-0.3, -0.25) is 0 Å². The van der Waals surface area contributed by atoms with Gasteiger partial charge in [0.2, 0.25) is 5.88 Å². The number of hydrogen-bond donors (Lipinski definition) is 2. The third-order valence-electron chi connectivity index (χ3n) is 6.40. The number of nitrogens with two attached hydrogens (primary N) is 1. The summed E-state index contributed by atoms with van der Waals surface area (Å²) in [5.74, 6) is 0.817. The number of ether oxygens (including phenoxy) is 1. The van der Waals surface area contributed by atoms with Crippen molar-refractivity contribution in [1.82, 2.24) is 9.97 Å². The highest BCUT2D eigenvalue weighted by molar-refractivity contribution is 6.09. The van der Waals surface area contributed by atoms with Gasteiger partial charge in [0.05, 0.1) is 5.71 Å². The molecule has 1 aliphatic heterocycles. The number of aliphatic imine (C=N–C) groups is 1. The maximum absolute atomic E-state index is 12.6. The van der Waals surface area contributed by atoms with Crippen LogP contribution in [0.15, 0.2) is 35.6 Å². The molecule has 0 spiro atoms. The van der Waals surface area contributed by atoms with Crippen molar-refractivity contribution in [1.29, 1.82) is 0 Å². The number of halogens is 3. The van der Waals surface area contributed by atoms with E-state index in [4.69, 9.17) is 15.5 Å². The lowest BCUT2D eigenvalue weighted by Crippen LogP contribution is -2.41. The number of aliphatic hydroxyl groups excluding tert-OH is 1. The molecule has 2 aromatic rings. The van der Waals surface area contributed by atoms with Crippen molar-refractivity contribution in [2.24, 2.45) is 10.9 Å². The van der Waals surface area contributed by atoms with E-state index in [1.54, 1.807) is 0 Å². The molecule has 172 valence electrons. The van der Waals surface area contributed by atoms with Crippen LogP contribution in [0.2, 0.25) is 0 Å². The summed E-state index contributed by atoms with van der Waals surface area (Å²) >= 11 is 0. The van der Waals surface area contributed by atoms with E-state index in [1.165, 1.54) is 6.33 Å². The van der Waals surface area contributed by atoms with E-state index in [0.29, 0.717) is 30.3 Å². The number of benzene rings is 1. The van der Waals surface area contributed by atoms with E-state index in [2.05, 4.69) is 9.97 Å². The highest BCUT2D eigenvalue weighted by Crippen LogP contribution is 2.41. The molecule has 32 heavy (non-hydrogen) atoms. The van der Waals surface area contributed by atoms with Crippen LogP contribution >= 0.6 is 0 Å². The molecule has 1 aliphatic carbocycles. The molecule has 2 heterocycles. The standard InChI is InChI=1S/C23H27F3N4O2/c1-22(2)19(30-18-20(27)28-12-29-21(18)32-22)16-9-7-15(8-10-16)14-5-3-13(4-6-14)11-17(31)23(24,25)26/h7-10,12-14,17,31H,3-6,11H2,1-2H3,(H2,27,28,29). The Morgan fingerprint density at radius 3 is 2.41 bits per heavy atom. The Labute approximate surface area is 184 Å². The van der Waals surface area contributed by atoms with Crippen LogP contribution in [-0.4, -0.2) is 38.7 Å². The first-order valence-electron chi connectivity index (χ1n) is 10.8. The van der Waals surface area contributed by atoms with Crippen molar-refractivity contribution >= 4 is 17.2 Å². The molecule has 2 aliphatic rings. The Kier molecular flexibility index (Phi) is 5.87. The highest BCUT2D eigenvalue weighted by atomic mass is 19.4. The molecule has 1 aromatic heterocycles. The minimum atomic E-state index is -4.54. The zero-order valence-electron chi connectivity index (χ0n) is 18.1. The van der Waals surface area contributed by atoms with E-state index in [1.807, 2.05) is 38.1 Å². The summed E-state index contributed by atoms with van der Waals surface area (Å²) in [6.45, 7) is 3.83. The molecule has 1 fully saturated rings. The van der Waals surface area contributed by atoms with Gasteiger partial charge in [-0.15, -0.1) is 0 Å². The SMILES string of the molecule is CC1(C)Oc2ncnc(N)c2N=C1c1ccc(C2CCC(CC(O)C(F)(F)F)CC2)cc1. The molecule has 9 heteroatoms. The predicted molar refractivity (Wildman–Crippen MR) is 115 cm³/mol. The fourth-order valence-electron chi connectivity index (χ4n) is 4.60. The first-order chi connectivity index (χ1) is 15.0. The number of alkyl halides is 3. The van der Waals surface area contributed by atoms with Crippen LogP contribution in [-0.2, 0) is 0 Å². The van der Waals surface area contributed by atoms with Crippen LogP contribution < -0.4 is 10.5 Å². The number of hydrogen-bond acceptors (Lipinski definition) is 6. The molecule has 0 radical (unpaired) electrons. The van der Waals surface area contributed by atoms with Crippen molar-refractivity contribution in [3.8, 4) is 5.88 Å². The molecule has 6 nitrogen and oxygen atoms in total. The predicted octanol–water partition coefficient (Wildman–Crippen LogP) is 4.94. The van der Waals surface area contributed by atoms with Crippen LogP contribution in [0.4, 0.5) is 24.7 Å². The third kappa shape index (κ3) is 4.57. The largest absolute Gasteiger partial charge is 0.463 e. The van der Waals surface area contributed by atoms with Gasteiger partial charge in [-0.05, 0) is 63.4 Å². The Morgan fingerprint density at radius 1 is 1.12 bits per heavy atom. The topological polar surface area (TPSA) is 93.6 Å². The van der Waals surface area contributed by atoms with Crippen LogP contribution in [0.5, 0.6) is 5.88 Å². The number of nitrogen functional groups attached to an aromatic ring is 1. The van der Waals surface area contributed by atoms with Crippen LogP contribution in [0, 0.1) is 5.92 Å². The van der Waals surface area contributed by atoms with Crippen molar-refractivity contribution in [2.75, 3.05) is 5.73 Å². The van der Waals surface area contributed by atoms with Gasteiger partial charge < -0.3 is 15.6 Å². The lowest BCUT2D eigenvalue weighted by atomic mass is 9.76. The van der Waals surface area contributed by atoms with Crippen LogP contribution in [0.3, 0.4) is 0 Å². The molecule has 4 rings (SSSR count). The van der Waals surface area contributed by atoms with Crippen molar-refractivity contribution in [3.05, 3.63) is 41.7 Å². The second-order valence-electron chi connectivity index (χ2n) is 9.12. The smallest absolute Gasteiger partial charge is 0.414 e. The Balaban J connectivity index is 1.46. The number of anilines is 1.